The predicted molar refractivity (Wildman–Crippen MR) is 74.1 cm³/mol. The Morgan fingerprint density at radius 1 is 1.62 bits per heavy atom. The van der Waals surface area contributed by atoms with E-state index in [9.17, 15) is 0 Å². The molecule has 3 nitrogen and oxygen atoms in total. The van der Waals surface area contributed by atoms with E-state index in [0.717, 1.165) is 17.9 Å². The molecule has 0 amide bonds. The number of nitrogens with zero attached hydrogens (tertiary/aromatic N) is 1. The Morgan fingerprint density at radius 2 is 2.38 bits per heavy atom. The number of nitrogens with two attached hydrogens (primary N) is 1. The average molecular weight is 253 g/mol. The molecule has 1 aromatic rings. The number of nitrogens with one attached hydrogen (secondary N) is 1. The maximum absolute atomic E-state index is 5.51. The summed E-state index contributed by atoms with van der Waals surface area (Å²) < 4.78 is 0.448. The van der Waals surface area contributed by atoms with Crippen LogP contribution in [-0.2, 0) is 0 Å². The summed E-state index contributed by atoms with van der Waals surface area (Å²) >= 11 is 6.81. The van der Waals surface area contributed by atoms with Gasteiger partial charge in [0.1, 0.15) is 10.8 Å². The maximum Gasteiger partial charge on any atom is 0.125 e. The van der Waals surface area contributed by atoms with Crippen LogP contribution >= 0.6 is 24.0 Å². The van der Waals surface area contributed by atoms with Gasteiger partial charge in [0, 0.05) is 23.1 Å². The molecule has 0 aromatic carbocycles. The standard InChI is InChI=1S/C11H15N3S2/c1-16-11(4-5-11)7-14-9-3-2-8(6-13-9)10(12)15/h2-3,6H,4-5,7H2,1H3,(H2,12,15)(H,13,14). The molecule has 0 atom stereocenters. The number of rotatable bonds is 5. The van der Waals surface area contributed by atoms with E-state index < -0.39 is 0 Å². The molecule has 0 bridgehead atoms. The Kier molecular flexibility index (Phi) is 3.35. The van der Waals surface area contributed by atoms with Crippen LogP contribution in [0.5, 0.6) is 0 Å². The number of hydrogen-bond donors (Lipinski definition) is 2. The first-order valence-corrected chi connectivity index (χ1v) is 6.83. The number of thiocarbonyl (C=S) groups is 1. The van der Waals surface area contributed by atoms with Crippen molar-refractivity contribution in [3.8, 4) is 0 Å². The Labute approximate surface area is 105 Å². The molecule has 86 valence electrons. The van der Waals surface area contributed by atoms with Crippen molar-refractivity contribution in [3.63, 3.8) is 0 Å². The van der Waals surface area contributed by atoms with E-state index in [1.54, 1.807) is 6.20 Å². The fourth-order valence-electron chi connectivity index (χ4n) is 1.49. The molecule has 1 aliphatic carbocycles. The molecule has 5 heteroatoms. The summed E-state index contributed by atoms with van der Waals surface area (Å²) in [6.45, 7) is 0.980. The second kappa shape index (κ2) is 4.59. The summed E-state index contributed by atoms with van der Waals surface area (Å²) in [4.78, 5) is 4.67. The van der Waals surface area contributed by atoms with Gasteiger partial charge < -0.3 is 11.1 Å². The average Bonchev–Trinajstić information content (AvgIpc) is 3.08. The molecular weight excluding hydrogens is 238 g/mol. The zero-order valence-corrected chi connectivity index (χ0v) is 10.8. The Bertz CT molecular complexity index is 385. The van der Waals surface area contributed by atoms with E-state index in [1.165, 1.54) is 12.8 Å². The Morgan fingerprint density at radius 3 is 2.81 bits per heavy atom. The molecule has 3 N–H and O–H groups in total. The van der Waals surface area contributed by atoms with Crippen LogP contribution in [0, 0.1) is 0 Å². The van der Waals surface area contributed by atoms with Crippen molar-refractivity contribution in [2.75, 3.05) is 18.1 Å². The fraction of sp³-hybridized carbons (Fsp3) is 0.455. The van der Waals surface area contributed by atoms with Crippen molar-refractivity contribution in [3.05, 3.63) is 23.9 Å². The van der Waals surface area contributed by atoms with Crippen molar-refractivity contribution >= 4 is 34.8 Å². The zero-order chi connectivity index (χ0) is 11.6. The van der Waals surface area contributed by atoms with Gasteiger partial charge in [-0.2, -0.15) is 11.8 Å². The number of thioether (sulfide) groups is 1. The maximum atomic E-state index is 5.51. The first-order chi connectivity index (χ1) is 7.65. The van der Waals surface area contributed by atoms with E-state index in [4.69, 9.17) is 18.0 Å². The van der Waals surface area contributed by atoms with Crippen LogP contribution in [0.2, 0.25) is 0 Å². The predicted octanol–water partition coefficient (Wildman–Crippen LogP) is 2.02. The number of pyridine rings is 1. The van der Waals surface area contributed by atoms with Gasteiger partial charge in [0.25, 0.3) is 0 Å². The molecule has 2 rings (SSSR count). The molecule has 1 aromatic heterocycles. The van der Waals surface area contributed by atoms with Crippen LogP contribution in [0.1, 0.15) is 18.4 Å². The number of hydrogen-bond acceptors (Lipinski definition) is 4. The molecule has 0 radical (unpaired) electrons. The van der Waals surface area contributed by atoms with Crippen molar-refractivity contribution in [2.24, 2.45) is 5.73 Å². The first kappa shape index (κ1) is 11.7. The van der Waals surface area contributed by atoms with E-state index >= 15 is 0 Å². The highest BCUT2D eigenvalue weighted by atomic mass is 32.2. The summed E-state index contributed by atoms with van der Waals surface area (Å²) in [5.41, 5.74) is 6.32. The van der Waals surface area contributed by atoms with Crippen LogP contribution in [0.25, 0.3) is 0 Å². The van der Waals surface area contributed by atoms with Gasteiger partial charge in [-0.1, -0.05) is 12.2 Å². The molecule has 0 aliphatic heterocycles. The van der Waals surface area contributed by atoms with Crippen molar-refractivity contribution in [1.29, 1.82) is 0 Å². The Balaban J connectivity index is 1.93. The van der Waals surface area contributed by atoms with Gasteiger partial charge in [-0.15, -0.1) is 0 Å². The third kappa shape index (κ3) is 2.65. The smallest absolute Gasteiger partial charge is 0.125 e. The summed E-state index contributed by atoms with van der Waals surface area (Å²) in [5.74, 6) is 0.889. The SMILES string of the molecule is CSC1(CNc2ccc(C(N)=S)cn2)CC1. The molecule has 16 heavy (non-hydrogen) atoms. The highest BCUT2D eigenvalue weighted by Crippen LogP contribution is 2.46. The molecule has 0 spiro atoms. The molecule has 0 unspecified atom stereocenters. The van der Waals surface area contributed by atoms with Crippen LogP contribution < -0.4 is 11.1 Å². The van der Waals surface area contributed by atoms with Gasteiger partial charge in [-0.05, 0) is 31.2 Å². The Hall–Kier alpha value is -0.810. The van der Waals surface area contributed by atoms with Crippen LogP contribution in [-0.4, -0.2) is 27.5 Å². The number of anilines is 1. The topological polar surface area (TPSA) is 50.9 Å². The summed E-state index contributed by atoms with van der Waals surface area (Å²) in [7, 11) is 0. The molecule has 0 saturated heterocycles. The van der Waals surface area contributed by atoms with E-state index in [0.29, 0.717) is 9.74 Å². The first-order valence-electron chi connectivity index (χ1n) is 5.20. The van der Waals surface area contributed by atoms with Gasteiger partial charge in [0.2, 0.25) is 0 Å². The minimum Gasteiger partial charge on any atom is -0.389 e. The lowest BCUT2D eigenvalue weighted by molar-refractivity contribution is 0.940. The largest absolute Gasteiger partial charge is 0.389 e. The highest BCUT2D eigenvalue weighted by molar-refractivity contribution is 8.00. The van der Waals surface area contributed by atoms with Gasteiger partial charge in [-0.3, -0.25) is 0 Å². The number of aromatic nitrogens is 1. The lowest BCUT2D eigenvalue weighted by atomic mass is 10.3. The van der Waals surface area contributed by atoms with Gasteiger partial charge in [0.05, 0.1) is 0 Å². The fourth-order valence-corrected chi connectivity index (χ4v) is 2.34. The third-order valence-electron chi connectivity index (χ3n) is 2.88. The van der Waals surface area contributed by atoms with Gasteiger partial charge in [0.15, 0.2) is 0 Å². The van der Waals surface area contributed by atoms with Crippen LogP contribution in [0.15, 0.2) is 18.3 Å². The highest BCUT2D eigenvalue weighted by Gasteiger charge is 2.41. The monoisotopic (exact) mass is 253 g/mol. The van der Waals surface area contributed by atoms with Gasteiger partial charge in [-0.25, -0.2) is 4.98 Å². The molecule has 1 saturated carbocycles. The van der Waals surface area contributed by atoms with E-state index in [-0.39, 0.29) is 0 Å². The summed E-state index contributed by atoms with van der Waals surface area (Å²) in [6, 6.07) is 3.82. The van der Waals surface area contributed by atoms with Crippen molar-refractivity contribution in [1.82, 2.24) is 4.98 Å². The van der Waals surface area contributed by atoms with E-state index in [2.05, 4.69) is 16.6 Å². The lowest BCUT2D eigenvalue weighted by Crippen LogP contribution is -2.18. The summed E-state index contributed by atoms with van der Waals surface area (Å²) in [6.07, 6.45) is 6.47. The second-order valence-corrected chi connectivity index (χ2v) is 5.75. The van der Waals surface area contributed by atoms with Crippen LogP contribution in [0.4, 0.5) is 5.82 Å². The minimum atomic E-state index is 0.391. The van der Waals surface area contributed by atoms with Crippen molar-refractivity contribution in [2.45, 2.75) is 17.6 Å². The zero-order valence-electron chi connectivity index (χ0n) is 9.19. The lowest BCUT2D eigenvalue weighted by Gasteiger charge is -2.13. The third-order valence-corrected chi connectivity index (χ3v) is 4.53. The molecule has 1 heterocycles. The minimum absolute atomic E-state index is 0.391. The van der Waals surface area contributed by atoms with Crippen LogP contribution in [0.3, 0.4) is 0 Å². The summed E-state index contributed by atoms with van der Waals surface area (Å²) in [5, 5.41) is 3.35. The van der Waals surface area contributed by atoms with Gasteiger partial charge >= 0.3 is 0 Å². The normalized spacial score (nSPS) is 16.8. The molecule has 1 aliphatic rings. The molecule has 1 fully saturated rings. The quantitative estimate of drug-likeness (QED) is 0.786. The molecular formula is C11H15N3S2. The van der Waals surface area contributed by atoms with Crippen molar-refractivity contribution < 1.29 is 0 Å². The van der Waals surface area contributed by atoms with E-state index in [1.807, 2.05) is 23.9 Å². The second-order valence-electron chi connectivity index (χ2n) is 4.04.